The molecule has 0 aliphatic carbocycles. The molecule has 0 fully saturated rings. The number of benzene rings is 1. The fraction of sp³-hybridized carbons (Fsp3) is 0.400. The fourth-order valence-corrected chi connectivity index (χ4v) is 1.31. The van der Waals surface area contributed by atoms with Crippen molar-refractivity contribution in [1.82, 2.24) is 0 Å². The molecule has 1 aromatic carbocycles. The van der Waals surface area contributed by atoms with Gasteiger partial charge in [-0.1, -0.05) is 0 Å². The van der Waals surface area contributed by atoms with Crippen LogP contribution in [0.2, 0.25) is 0 Å². The van der Waals surface area contributed by atoms with Crippen molar-refractivity contribution in [2.24, 2.45) is 5.73 Å². The summed E-state index contributed by atoms with van der Waals surface area (Å²) in [5.41, 5.74) is 4.74. The van der Waals surface area contributed by atoms with Crippen LogP contribution in [-0.4, -0.2) is 27.5 Å². The Morgan fingerprint density at radius 1 is 1.22 bits per heavy atom. The number of phenolic OH excluding ortho intramolecular Hbond substituents is 2. The maximum absolute atomic E-state index is 12.2. The first-order chi connectivity index (χ1) is 7.71. The van der Waals surface area contributed by atoms with Crippen molar-refractivity contribution in [3.63, 3.8) is 0 Å². The van der Waals surface area contributed by atoms with E-state index in [2.05, 4.69) is 0 Å². The molecule has 0 aliphatic rings. The molecule has 1 rings (SSSR count). The van der Waals surface area contributed by atoms with Gasteiger partial charge in [0.25, 0.3) is 0 Å². The van der Waals surface area contributed by atoms with Crippen LogP contribution in [0.4, 0.5) is 13.2 Å². The van der Waals surface area contributed by atoms with Gasteiger partial charge in [0, 0.05) is 18.1 Å². The van der Waals surface area contributed by atoms with Crippen molar-refractivity contribution in [3.05, 3.63) is 23.8 Å². The Labute approximate surface area is 107 Å². The van der Waals surface area contributed by atoms with Gasteiger partial charge in [0.05, 0.1) is 6.10 Å². The summed E-state index contributed by atoms with van der Waals surface area (Å²) in [5, 5.41) is 27.8. The van der Waals surface area contributed by atoms with Crippen LogP contribution in [0.15, 0.2) is 18.2 Å². The molecule has 0 aromatic heterocycles. The van der Waals surface area contributed by atoms with E-state index in [-0.39, 0.29) is 23.7 Å². The Bertz CT molecular complexity index is 400. The number of rotatable bonds is 3. The van der Waals surface area contributed by atoms with Crippen molar-refractivity contribution >= 4 is 12.4 Å². The first kappa shape index (κ1) is 16.8. The maximum atomic E-state index is 12.2. The molecule has 2 atom stereocenters. The van der Waals surface area contributed by atoms with E-state index >= 15 is 0 Å². The molecular weight excluding hydrogens is 275 g/mol. The van der Waals surface area contributed by atoms with E-state index in [4.69, 9.17) is 10.8 Å². The third-order valence-corrected chi connectivity index (χ3v) is 2.27. The van der Waals surface area contributed by atoms with Gasteiger partial charge < -0.3 is 21.1 Å². The lowest BCUT2D eigenvalue weighted by molar-refractivity contribution is -0.153. The number of phenols is 2. The van der Waals surface area contributed by atoms with Crippen LogP contribution in [0.5, 0.6) is 11.5 Å². The van der Waals surface area contributed by atoms with Crippen molar-refractivity contribution < 1.29 is 28.5 Å². The summed E-state index contributed by atoms with van der Waals surface area (Å²) in [4.78, 5) is 0. The zero-order valence-corrected chi connectivity index (χ0v) is 9.87. The van der Waals surface area contributed by atoms with Crippen LogP contribution in [-0.2, 0) is 0 Å². The number of aliphatic hydroxyl groups is 1. The Kier molecular flexibility index (Phi) is 5.72. The maximum Gasteiger partial charge on any atom is 0.403 e. The van der Waals surface area contributed by atoms with Gasteiger partial charge in [-0.25, -0.2) is 0 Å². The Morgan fingerprint density at radius 2 is 1.78 bits per heavy atom. The van der Waals surface area contributed by atoms with Crippen molar-refractivity contribution in [3.8, 4) is 11.5 Å². The Morgan fingerprint density at radius 3 is 2.22 bits per heavy atom. The summed E-state index contributed by atoms with van der Waals surface area (Å²) in [5.74, 6) is -0.731. The standard InChI is InChI=1S/C10H12F3NO3.ClH/c11-10(12,13)9(14)4-8(17)6-2-1-5(15)3-7(6)16;/h1-3,8-9,15-17H,4,14H2;1H/t8-,9-;/m1./s1. The molecule has 18 heavy (non-hydrogen) atoms. The second-order valence-corrected chi connectivity index (χ2v) is 3.64. The minimum Gasteiger partial charge on any atom is -0.508 e. The molecule has 5 N–H and O–H groups in total. The number of alkyl halides is 3. The molecule has 0 saturated carbocycles. The molecule has 0 saturated heterocycles. The summed E-state index contributed by atoms with van der Waals surface area (Å²) in [6, 6.07) is 1.04. The third-order valence-electron chi connectivity index (χ3n) is 2.27. The normalized spacial score (nSPS) is 14.7. The van der Waals surface area contributed by atoms with Crippen molar-refractivity contribution in [1.29, 1.82) is 0 Å². The topological polar surface area (TPSA) is 86.7 Å². The molecule has 0 radical (unpaired) electrons. The number of aliphatic hydroxyl groups excluding tert-OH is 1. The highest BCUT2D eigenvalue weighted by Gasteiger charge is 2.38. The third kappa shape index (κ3) is 4.25. The largest absolute Gasteiger partial charge is 0.508 e. The first-order valence-corrected chi connectivity index (χ1v) is 4.74. The predicted molar refractivity (Wildman–Crippen MR) is 60.6 cm³/mol. The molecule has 1 aromatic rings. The molecule has 0 aliphatic heterocycles. The molecule has 0 spiro atoms. The van der Waals surface area contributed by atoms with Crippen molar-refractivity contribution in [2.75, 3.05) is 0 Å². The van der Waals surface area contributed by atoms with Crippen LogP contribution in [0, 0.1) is 0 Å². The minimum absolute atomic E-state index is 0. The highest BCUT2D eigenvalue weighted by molar-refractivity contribution is 5.85. The molecule has 0 bridgehead atoms. The van der Waals surface area contributed by atoms with Gasteiger partial charge in [0.15, 0.2) is 0 Å². The predicted octanol–water partition coefficient (Wildman–Crippen LogP) is 1.83. The molecule has 0 unspecified atom stereocenters. The smallest absolute Gasteiger partial charge is 0.403 e. The summed E-state index contributed by atoms with van der Waals surface area (Å²) in [6.07, 6.45) is -6.91. The lowest BCUT2D eigenvalue weighted by Gasteiger charge is -2.19. The van der Waals surface area contributed by atoms with E-state index in [0.29, 0.717) is 0 Å². The van der Waals surface area contributed by atoms with Crippen LogP contribution < -0.4 is 5.73 Å². The van der Waals surface area contributed by atoms with Gasteiger partial charge in [0.2, 0.25) is 0 Å². The molecular formula is C10H13ClF3NO3. The zero-order chi connectivity index (χ0) is 13.2. The highest BCUT2D eigenvalue weighted by atomic mass is 35.5. The summed E-state index contributed by atoms with van der Waals surface area (Å²) in [7, 11) is 0. The van der Waals surface area contributed by atoms with Crippen LogP contribution in [0.3, 0.4) is 0 Å². The van der Waals surface area contributed by atoms with Gasteiger partial charge in [-0.2, -0.15) is 13.2 Å². The van der Waals surface area contributed by atoms with Crippen LogP contribution in [0.25, 0.3) is 0 Å². The van der Waals surface area contributed by atoms with Gasteiger partial charge in [-0.05, 0) is 12.1 Å². The fourth-order valence-electron chi connectivity index (χ4n) is 1.31. The van der Waals surface area contributed by atoms with Gasteiger partial charge >= 0.3 is 6.18 Å². The van der Waals surface area contributed by atoms with E-state index in [1.807, 2.05) is 0 Å². The monoisotopic (exact) mass is 287 g/mol. The number of hydrogen-bond acceptors (Lipinski definition) is 4. The molecule has 0 amide bonds. The number of aromatic hydroxyl groups is 2. The van der Waals surface area contributed by atoms with E-state index in [1.54, 1.807) is 0 Å². The van der Waals surface area contributed by atoms with Gasteiger partial charge in [-0.15, -0.1) is 12.4 Å². The lowest BCUT2D eigenvalue weighted by atomic mass is 10.0. The number of nitrogens with two attached hydrogens (primary N) is 1. The van der Waals surface area contributed by atoms with E-state index in [0.717, 1.165) is 18.2 Å². The molecule has 0 heterocycles. The summed E-state index contributed by atoms with van der Waals surface area (Å²) < 4.78 is 36.5. The average molecular weight is 288 g/mol. The van der Waals surface area contributed by atoms with E-state index in [9.17, 15) is 23.4 Å². The van der Waals surface area contributed by atoms with Gasteiger partial charge in [-0.3, -0.25) is 0 Å². The average Bonchev–Trinajstić information content (AvgIpc) is 2.15. The zero-order valence-electron chi connectivity index (χ0n) is 9.05. The Hall–Kier alpha value is -1.18. The SMILES string of the molecule is Cl.N[C@H](C[C@@H](O)c1ccc(O)cc1O)C(F)(F)F. The van der Waals surface area contributed by atoms with Crippen molar-refractivity contribution in [2.45, 2.75) is 24.7 Å². The highest BCUT2D eigenvalue weighted by Crippen LogP contribution is 2.32. The molecule has 104 valence electrons. The van der Waals surface area contributed by atoms with E-state index < -0.39 is 30.5 Å². The van der Waals surface area contributed by atoms with E-state index in [1.165, 1.54) is 0 Å². The second kappa shape index (κ2) is 6.12. The van der Waals surface area contributed by atoms with Gasteiger partial charge in [0.1, 0.15) is 17.5 Å². The number of halogens is 4. The number of hydrogen-bond donors (Lipinski definition) is 4. The minimum atomic E-state index is -4.60. The summed E-state index contributed by atoms with van der Waals surface area (Å²) >= 11 is 0. The Balaban J connectivity index is 0.00000289. The van der Waals surface area contributed by atoms with Crippen LogP contribution in [0.1, 0.15) is 18.1 Å². The second-order valence-electron chi connectivity index (χ2n) is 3.64. The first-order valence-electron chi connectivity index (χ1n) is 4.74. The molecule has 4 nitrogen and oxygen atoms in total. The lowest BCUT2D eigenvalue weighted by Crippen LogP contribution is -2.38. The summed E-state index contributed by atoms with van der Waals surface area (Å²) in [6.45, 7) is 0. The van der Waals surface area contributed by atoms with Crippen LogP contribution >= 0.6 is 12.4 Å². The molecule has 8 heteroatoms. The quantitative estimate of drug-likeness (QED) is 0.683.